The maximum absolute atomic E-state index is 13.4. The number of nitrogens with one attached hydrogen (secondary N) is 1. The van der Waals surface area contributed by atoms with E-state index in [1.54, 1.807) is 12.4 Å². The van der Waals surface area contributed by atoms with Gasteiger partial charge in [0.2, 0.25) is 5.91 Å². The van der Waals surface area contributed by atoms with Crippen LogP contribution in [0.5, 0.6) is 0 Å². The van der Waals surface area contributed by atoms with E-state index in [4.69, 9.17) is 0 Å². The molecular weight excluding hydrogens is 338 g/mol. The molecule has 0 bridgehead atoms. The minimum Gasteiger partial charge on any atom is -0.371 e. The Hall–Kier alpha value is -2.57. The molecule has 0 aliphatic carbocycles. The van der Waals surface area contributed by atoms with Gasteiger partial charge >= 0.3 is 0 Å². The van der Waals surface area contributed by atoms with Gasteiger partial charge < -0.3 is 10.2 Å². The second-order valence-electron chi connectivity index (χ2n) is 6.65. The highest BCUT2D eigenvalue weighted by molar-refractivity contribution is 5.79. The van der Waals surface area contributed by atoms with E-state index in [2.05, 4.69) is 20.2 Å². The Morgan fingerprint density at radius 3 is 2.58 bits per heavy atom. The van der Waals surface area contributed by atoms with Crippen molar-refractivity contribution in [2.45, 2.75) is 32.2 Å². The summed E-state index contributed by atoms with van der Waals surface area (Å²) < 4.78 is 26.7. The molecule has 1 aliphatic rings. The highest BCUT2D eigenvalue weighted by Gasteiger charge is 2.26. The first kappa shape index (κ1) is 18.2. The molecule has 7 heteroatoms. The van der Waals surface area contributed by atoms with E-state index in [0.717, 1.165) is 44.7 Å². The van der Waals surface area contributed by atoms with Crippen molar-refractivity contribution < 1.29 is 13.6 Å². The van der Waals surface area contributed by atoms with E-state index in [1.807, 2.05) is 12.1 Å². The lowest BCUT2D eigenvalue weighted by Crippen LogP contribution is -2.40. The highest BCUT2D eigenvalue weighted by Crippen LogP contribution is 2.27. The Morgan fingerprint density at radius 1 is 1.23 bits per heavy atom. The second kappa shape index (κ2) is 7.76. The largest absolute Gasteiger partial charge is 0.371 e. The number of anilines is 1. The molecule has 0 radical (unpaired) electrons. The van der Waals surface area contributed by atoms with Crippen LogP contribution in [0.15, 0.2) is 43.0 Å². The molecule has 0 aromatic carbocycles. The number of aromatic nitrogens is 2. The van der Waals surface area contributed by atoms with Crippen molar-refractivity contribution in [2.75, 3.05) is 18.0 Å². The molecule has 5 nitrogen and oxygen atoms in total. The van der Waals surface area contributed by atoms with Gasteiger partial charge in [0, 0.05) is 68.5 Å². The number of hydrogen-bond acceptors (Lipinski definition) is 4. The van der Waals surface area contributed by atoms with Crippen LogP contribution < -0.4 is 10.2 Å². The maximum Gasteiger partial charge on any atom is 0.272 e. The first-order chi connectivity index (χ1) is 12.4. The summed E-state index contributed by atoms with van der Waals surface area (Å²) in [6.07, 6.45) is 7.70. The fourth-order valence-electron chi connectivity index (χ4n) is 3.11. The molecule has 2 aromatic rings. The molecule has 138 valence electrons. The monoisotopic (exact) mass is 360 g/mol. The number of alkyl halides is 2. The standard InChI is InChI=1S/C19H22F2N4O/c1-19(20,21)16-10-14(11-23-13-16)12-24-18(26)15-4-8-25(9-5-15)17-2-6-22-7-3-17/h2-3,6-7,10-11,13,15H,4-5,8-9,12H2,1H3,(H,24,26). The molecular formula is C19H22F2N4O. The van der Waals surface area contributed by atoms with E-state index < -0.39 is 5.92 Å². The normalized spacial score (nSPS) is 15.7. The molecule has 1 fully saturated rings. The van der Waals surface area contributed by atoms with Gasteiger partial charge in [0.15, 0.2) is 0 Å². The van der Waals surface area contributed by atoms with Crippen molar-refractivity contribution in [3.8, 4) is 0 Å². The summed E-state index contributed by atoms with van der Waals surface area (Å²) in [5, 5.41) is 2.85. The molecule has 0 atom stereocenters. The summed E-state index contributed by atoms with van der Waals surface area (Å²) in [4.78, 5) is 22.5. The van der Waals surface area contributed by atoms with Crippen LogP contribution in [0.2, 0.25) is 0 Å². The predicted molar refractivity (Wildman–Crippen MR) is 94.8 cm³/mol. The fraction of sp³-hybridized carbons (Fsp3) is 0.421. The van der Waals surface area contributed by atoms with Crippen LogP contribution >= 0.6 is 0 Å². The Labute approximate surface area is 151 Å². The van der Waals surface area contributed by atoms with Crippen LogP contribution in [0.4, 0.5) is 14.5 Å². The van der Waals surface area contributed by atoms with Crippen molar-refractivity contribution in [1.29, 1.82) is 0 Å². The van der Waals surface area contributed by atoms with Gasteiger partial charge in [-0.15, -0.1) is 0 Å². The fourth-order valence-corrected chi connectivity index (χ4v) is 3.11. The molecule has 3 rings (SSSR count). The van der Waals surface area contributed by atoms with E-state index in [9.17, 15) is 13.6 Å². The Balaban J connectivity index is 1.51. The number of carbonyl (C=O) groups excluding carboxylic acids is 1. The Bertz CT molecular complexity index is 741. The number of amides is 1. The van der Waals surface area contributed by atoms with Crippen LogP contribution in [0.1, 0.15) is 30.9 Å². The van der Waals surface area contributed by atoms with Gasteiger partial charge in [0.1, 0.15) is 0 Å². The Kier molecular flexibility index (Phi) is 5.44. The molecule has 0 spiro atoms. The van der Waals surface area contributed by atoms with E-state index in [0.29, 0.717) is 5.56 Å². The van der Waals surface area contributed by atoms with Crippen LogP contribution in [-0.2, 0) is 17.3 Å². The van der Waals surface area contributed by atoms with Gasteiger partial charge in [0.25, 0.3) is 5.92 Å². The van der Waals surface area contributed by atoms with Gasteiger partial charge in [-0.1, -0.05) is 0 Å². The third-order valence-electron chi connectivity index (χ3n) is 4.66. The van der Waals surface area contributed by atoms with Crippen LogP contribution in [0, 0.1) is 5.92 Å². The molecule has 1 N–H and O–H groups in total. The van der Waals surface area contributed by atoms with Crippen molar-refractivity contribution in [2.24, 2.45) is 5.92 Å². The minimum atomic E-state index is -2.94. The van der Waals surface area contributed by atoms with Gasteiger partial charge in [-0.25, -0.2) is 8.78 Å². The molecule has 3 heterocycles. The van der Waals surface area contributed by atoms with Gasteiger partial charge in [-0.2, -0.15) is 0 Å². The van der Waals surface area contributed by atoms with E-state index in [-0.39, 0.29) is 23.9 Å². The van der Waals surface area contributed by atoms with Crippen molar-refractivity contribution >= 4 is 11.6 Å². The summed E-state index contributed by atoms with van der Waals surface area (Å²) in [5.74, 6) is -3.03. The second-order valence-corrected chi connectivity index (χ2v) is 6.65. The first-order valence-electron chi connectivity index (χ1n) is 8.68. The molecule has 2 aromatic heterocycles. The molecule has 26 heavy (non-hydrogen) atoms. The zero-order valence-electron chi connectivity index (χ0n) is 14.7. The van der Waals surface area contributed by atoms with Gasteiger partial charge in [0.05, 0.1) is 0 Å². The number of rotatable bonds is 5. The summed E-state index contributed by atoms with van der Waals surface area (Å²) in [5.41, 5.74) is 1.55. The SMILES string of the molecule is CC(F)(F)c1cncc(CNC(=O)C2CCN(c3ccncc3)CC2)c1. The molecule has 1 saturated heterocycles. The highest BCUT2D eigenvalue weighted by atomic mass is 19.3. The number of halogens is 2. The minimum absolute atomic E-state index is 0.0342. The summed E-state index contributed by atoms with van der Waals surface area (Å²) >= 11 is 0. The van der Waals surface area contributed by atoms with Gasteiger partial charge in [-0.3, -0.25) is 14.8 Å². The first-order valence-corrected chi connectivity index (χ1v) is 8.68. The lowest BCUT2D eigenvalue weighted by molar-refractivity contribution is -0.125. The van der Waals surface area contributed by atoms with Gasteiger partial charge in [-0.05, 0) is 36.6 Å². The van der Waals surface area contributed by atoms with Crippen molar-refractivity contribution in [3.05, 3.63) is 54.1 Å². The molecule has 1 amide bonds. The molecule has 0 saturated carbocycles. The zero-order chi connectivity index (χ0) is 18.6. The van der Waals surface area contributed by atoms with Crippen molar-refractivity contribution in [1.82, 2.24) is 15.3 Å². The molecule has 0 unspecified atom stereocenters. The summed E-state index contributed by atoms with van der Waals surface area (Å²) in [7, 11) is 0. The van der Waals surface area contributed by atoms with E-state index >= 15 is 0 Å². The van der Waals surface area contributed by atoms with Crippen molar-refractivity contribution in [3.63, 3.8) is 0 Å². The number of piperidine rings is 1. The third kappa shape index (κ3) is 4.53. The maximum atomic E-state index is 13.4. The number of carbonyl (C=O) groups is 1. The average Bonchev–Trinajstić information content (AvgIpc) is 2.66. The smallest absolute Gasteiger partial charge is 0.272 e. The quantitative estimate of drug-likeness (QED) is 0.890. The lowest BCUT2D eigenvalue weighted by atomic mass is 9.95. The number of hydrogen-bond donors (Lipinski definition) is 1. The third-order valence-corrected chi connectivity index (χ3v) is 4.66. The topological polar surface area (TPSA) is 58.1 Å². The van der Waals surface area contributed by atoms with Crippen LogP contribution in [0.25, 0.3) is 0 Å². The summed E-state index contributed by atoms with van der Waals surface area (Å²) in [6.45, 7) is 2.66. The van der Waals surface area contributed by atoms with E-state index in [1.165, 1.54) is 12.3 Å². The lowest BCUT2D eigenvalue weighted by Gasteiger charge is -2.32. The number of nitrogens with zero attached hydrogens (tertiary/aromatic N) is 3. The Morgan fingerprint density at radius 2 is 1.92 bits per heavy atom. The number of pyridine rings is 2. The predicted octanol–water partition coefficient (Wildman–Crippen LogP) is 3.12. The van der Waals surface area contributed by atoms with Crippen LogP contribution in [0.3, 0.4) is 0 Å². The summed E-state index contributed by atoms with van der Waals surface area (Å²) in [6, 6.07) is 5.31. The zero-order valence-corrected chi connectivity index (χ0v) is 14.7. The molecule has 1 aliphatic heterocycles. The average molecular weight is 360 g/mol. The van der Waals surface area contributed by atoms with Crippen LogP contribution in [-0.4, -0.2) is 29.0 Å².